The van der Waals surface area contributed by atoms with Crippen molar-refractivity contribution in [2.45, 2.75) is 46.3 Å². The maximum absolute atomic E-state index is 12.7. The number of nitrogens with one attached hydrogen (secondary N) is 2. The monoisotopic (exact) mass is 364 g/mol. The summed E-state index contributed by atoms with van der Waals surface area (Å²) in [7, 11) is 0. The Morgan fingerprint density at radius 1 is 1.36 bits per heavy atom. The number of hydrogen-bond donors (Lipinski definition) is 3. The van der Waals surface area contributed by atoms with Crippen molar-refractivity contribution < 1.29 is 19.4 Å². The molecule has 6 nitrogen and oxygen atoms in total. The number of carbonyl (C=O) groups is 1. The number of thiocarbonyl (C=S) groups is 1. The van der Waals surface area contributed by atoms with Crippen molar-refractivity contribution in [2.24, 2.45) is 0 Å². The van der Waals surface area contributed by atoms with Crippen LogP contribution in [-0.4, -0.2) is 28.4 Å². The van der Waals surface area contributed by atoms with Gasteiger partial charge in [0.2, 0.25) is 0 Å². The summed E-state index contributed by atoms with van der Waals surface area (Å²) >= 11 is 5.23. The molecule has 0 amide bonds. The quantitative estimate of drug-likeness (QED) is 0.560. The lowest BCUT2D eigenvalue weighted by Crippen LogP contribution is -2.45. The molecule has 1 atom stereocenters. The third-order valence-corrected chi connectivity index (χ3v) is 3.72. The number of phenolic OH excluding ortho intramolecular Hbond substituents is 1. The topological polar surface area (TPSA) is 79.8 Å². The fourth-order valence-electron chi connectivity index (χ4n) is 2.53. The molecular weight excluding hydrogens is 340 g/mol. The first kappa shape index (κ1) is 19.1. The van der Waals surface area contributed by atoms with Gasteiger partial charge < -0.3 is 25.2 Å². The highest BCUT2D eigenvalue weighted by Crippen LogP contribution is 2.34. The summed E-state index contributed by atoms with van der Waals surface area (Å²) in [4.78, 5) is 12.7. The summed E-state index contributed by atoms with van der Waals surface area (Å²) < 4.78 is 11.0. The van der Waals surface area contributed by atoms with Crippen LogP contribution < -0.4 is 15.4 Å². The fourth-order valence-corrected chi connectivity index (χ4v) is 2.80. The average molecular weight is 364 g/mol. The van der Waals surface area contributed by atoms with Gasteiger partial charge in [0.1, 0.15) is 5.60 Å². The molecule has 0 unspecified atom stereocenters. The Labute approximate surface area is 153 Å². The van der Waals surface area contributed by atoms with Crippen LogP contribution in [0.4, 0.5) is 0 Å². The van der Waals surface area contributed by atoms with Crippen molar-refractivity contribution in [1.82, 2.24) is 10.6 Å². The Hall–Kier alpha value is -2.28. The van der Waals surface area contributed by atoms with Crippen molar-refractivity contribution in [2.75, 3.05) is 6.61 Å². The van der Waals surface area contributed by atoms with Crippen LogP contribution in [0.2, 0.25) is 0 Å². The summed E-state index contributed by atoms with van der Waals surface area (Å²) in [5.41, 5.74) is 1.20. The first-order valence-corrected chi connectivity index (χ1v) is 8.50. The molecule has 0 bridgehead atoms. The largest absolute Gasteiger partial charge is 0.504 e. The molecule has 0 fully saturated rings. The number of rotatable bonds is 4. The van der Waals surface area contributed by atoms with Crippen molar-refractivity contribution in [3.05, 3.63) is 35.0 Å². The maximum Gasteiger partial charge on any atom is 0.338 e. The SMILES string of the molecule is CCOc1cc([C@H]2NC(=S)NC(C)=C2C(=O)OC(C)(C)C)ccc1O. The van der Waals surface area contributed by atoms with Gasteiger partial charge in [-0.05, 0) is 64.5 Å². The fraction of sp³-hybridized carbons (Fsp3) is 0.444. The van der Waals surface area contributed by atoms with Crippen LogP contribution in [0, 0.1) is 0 Å². The molecule has 1 aliphatic rings. The molecule has 0 spiro atoms. The second kappa shape index (κ2) is 7.31. The molecular formula is C18H24N2O4S. The molecule has 3 N–H and O–H groups in total. The van der Waals surface area contributed by atoms with E-state index < -0.39 is 17.6 Å². The van der Waals surface area contributed by atoms with Crippen LogP contribution in [0.3, 0.4) is 0 Å². The Bertz CT molecular complexity index is 722. The highest BCUT2D eigenvalue weighted by molar-refractivity contribution is 7.80. The van der Waals surface area contributed by atoms with E-state index in [1.807, 2.05) is 27.7 Å². The molecule has 136 valence electrons. The molecule has 1 aromatic carbocycles. The Balaban J connectivity index is 2.46. The Morgan fingerprint density at radius 3 is 2.64 bits per heavy atom. The zero-order chi connectivity index (χ0) is 18.8. The zero-order valence-corrected chi connectivity index (χ0v) is 15.9. The van der Waals surface area contributed by atoms with Crippen LogP contribution in [0.15, 0.2) is 29.5 Å². The minimum absolute atomic E-state index is 0.0432. The standard InChI is InChI=1S/C18H24N2O4S/c1-6-23-13-9-11(7-8-12(13)21)15-14(10(2)19-17(25)20-15)16(22)24-18(3,4)5/h7-9,15,21H,6H2,1-5H3,(H2,19,20,25)/t15-/m1/s1. The highest BCUT2D eigenvalue weighted by atomic mass is 32.1. The molecule has 0 radical (unpaired) electrons. The van der Waals surface area contributed by atoms with Gasteiger partial charge in [0.15, 0.2) is 16.6 Å². The second-order valence-corrected chi connectivity index (χ2v) is 7.14. The first-order valence-electron chi connectivity index (χ1n) is 8.09. The lowest BCUT2D eigenvalue weighted by atomic mass is 9.95. The summed E-state index contributed by atoms with van der Waals surface area (Å²) in [5.74, 6) is -0.0300. The molecule has 7 heteroatoms. The molecule has 0 saturated carbocycles. The first-order chi connectivity index (χ1) is 11.6. The number of hydrogen-bond acceptors (Lipinski definition) is 5. The summed E-state index contributed by atoms with van der Waals surface area (Å²) in [6.45, 7) is 9.49. The van der Waals surface area contributed by atoms with Gasteiger partial charge in [-0.1, -0.05) is 6.07 Å². The van der Waals surface area contributed by atoms with E-state index in [4.69, 9.17) is 21.7 Å². The van der Waals surface area contributed by atoms with Crippen LogP contribution in [-0.2, 0) is 9.53 Å². The predicted octanol–water partition coefficient (Wildman–Crippen LogP) is 2.93. The molecule has 1 heterocycles. The molecule has 2 rings (SSSR count). The van der Waals surface area contributed by atoms with E-state index in [0.29, 0.717) is 28.7 Å². The van der Waals surface area contributed by atoms with E-state index >= 15 is 0 Å². The number of ether oxygens (including phenoxy) is 2. The number of phenols is 1. The van der Waals surface area contributed by atoms with Gasteiger partial charge in [0.25, 0.3) is 0 Å². The zero-order valence-electron chi connectivity index (χ0n) is 15.1. The minimum Gasteiger partial charge on any atom is -0.504 e. The third-order valence-electron chi connectivity index (χ3n) is 3.50. The van der Waals surface area contributed by atoms with Crippen LogP contribution in [0.5, 0.6) is 11.5 Å². The van der Waals surface area contributed by atoms with Gasteiger partial charge in [-0.2, -0.15) is 0 Å². The van der Waals surface area contributed by atoms with E-state index in [9.17, 15) is 9.90 Å². The maximum atomic E-state index is 12.7. The lowest BCUT2D eigenvalue weighted by molar-refractivity contribution is -0.150. The Morgan fingerprint density at radius 2 is 2.04 bits per heavy atom. The predicted molar refractivity (Wildman–Crippen MR) is 99.4 cm³/mol. The van der Waals surface area contributed by atoms with Gasteiger partial charge in [-0.25, -0.2) is 4.79 Å². The molecule has 25 heavy (non-hydrogen) atoms. The number of allylic oxidation sites excluding steroid dienone is 1. The normalized spacial score (nSPS) is 17.6. The van der Waals surface area contributed by atoms with Gasteiger partial charge in [-0.15, -0.1) is 0 Å². The van der Waals surface area contributed by atoms with Crippen LogP contribution >= 0.6 is 12.2 Å². The van der Waals surface area contributed by atoms with Crippen LogP contribution in [0.25, 0.3) is 0 Å². The third kappa shape index (κ3) is 4.63. The van der Waals surface area contributed by atoms with E-state index in [1.165, 1.54) is 6.07 Å². The number of aromatic hydroxyl groups is 1. The second-order valence-electron chi connectivity index (χ2n) is 6.73. The van der Waals surface area contributed by atoms with Crippen LogP contribution in [0.1, 0.15) is 46.2 Å². The summed E-state index contributed by atoms with van der Waals surface area (Å²) in [5, 5.41) is 16.4. The summed E-state index contributed by atoms with van der Waals surface area (Å²) in [6.07, 6.45) is 0. The summed E-state index contributed by atoms with van der Waals surface area (Å²) in [6, 6.07) is 4.46. The van der Waals surface area contributed by atoms with E-state index in [0.717, 1.165) is 5.56 Å². The van der Waals surface area contributed by atoms with Gasteiger partial charge in [0, 0.05) is 5.70 Å². The van der Waals surface area contributed by atoms with E-state index in [2.05, 4.69) is 10.6 Å². The number of benzene rings is 1. The van der Waals surface area contributed by atoms with Gasteiger partial charge >= 0.3 is 5.97 Å². The van der Waals surface area contributed by atoms with E-state index in [1.54, 1.807) is 19.1 Å². The molecule has 0 aromatic heterocycles. The number of carbonyl (C=O) groups excluding carboxylic acids is 1. The van der Waals surface area contributed by atoms with Crippen molar-refractivity contribution in [3.8, 4) is 11.5 Å². The minimum atomic E-state index is -0.613. The average Bonchev–Trinajstić information content (AvgIpc) is 2.47. The Kier molecular flexibility index (Phi) is 5.57. The molecule has 0 aliphatic carbocycles. The van der Waals surface area contributed by atoms with Gasteiger partial charge in [0.05, 0.1) is 18.2 Å². The molecule has 1 aliphatic heterocycles. The van der Waals surface area contributed by atoms with Gasteiger partial charge in [-0.3, -0.25) is 0 Å². The lowest BCUT2D eigenvalue weighted by Gasteiger charge is -2.31. The molecule has 0 saturated heterocycles. The smallest absolute Gasteiger partial charge is 0.338 e. The highest BCUT2D eigenvalue weighted by Gasteiger charge is 2.33. The molecule has 1 aromatic rings. The van der Waals surface area contributed by atoms with Crippen molar-refractivity contribution in [1.29, 1.82) is 0 Å². The van der Waals surface area contributed by atoms with Crippen molar-refractivity contribution in [3.63, 3.8) is 0 Å². The number of esters is 1. The van der Waals surface area contributed by atoms with Crippen molar-refractivity contribution >= 4 is 23.3 Å². The van der Waals surface area contributed by atoms with E-state index in [-0.39, 0.29) is 5.75 Å².